The van der Waals surface area contributed by atoms with Crippen molar-refractivity contribution >= 4 is 17.7 Å². The van der Waals surface area contributed by atoms with E-state index in [2.05, 4.69) is 10.3 Å². The number of rotatable bonds is 8. The van der Waals surface area contributed by atoms with Gasteiger partial charge in [-0.15, -0.1) is 0 Å². The second-order valence-corrected chi connectivity index (χ2v) is 7.39. The monoisotopic (exact) mass is 432 g/mol. The van der Waals surface area contributed by atoms with Crippen LogP contribution in [-0.2, 0) is 4.79 Å². The molecule has 32 heavy (non-hydrogen) atoms. The number of methoxy groups -OCH3 is 1. The third kappa shape index (κ3) is 5.18. The molecule has 0 aliphatic carbocycles. The van der Waals surface area contributed by atoms with E-state index in [1.165, 1.54) is 20.2 Å². The van der Waals surface area contributed by atoms with Crippen molar-refractivity contribution in [1.82, 2.24) is 10.3 Å². The number of carbonyl (C=O) groups is 3. The molecule has 1 atom stereocenters. The minimum atomic E-state index is -1.02. The number of ether oxygens (including phenoxy) is 1. The van der Waals surface area contributed by atoms with Gasteiger partial charge in [-0.25, -0.2) is 4.98 Å². The van der Waals surface area contributed by atoms with E-state index in [0.717, 1.165) is 16.7 Å². The van der Waals surface area contributed by atoms with Gasteiger partial charge < -0.3 is 15.2 Å². The van der Waals surface area contributed by atoms with Crippen LogP contribution in [0.25, 0.3) is 11.1 Å². The molecule has 1 amide bonds. The van der Waals surface area contributed by atoms with Crippen molar-refractivity contribution in [1.29, 1.82) is 0 Å². The molecule has 0 spiro atoms. The number of hydrogen-bond donors (Lipinski definition) is 2. The highest BCUT2D eigenvalue weighted by molar-refractivity contribution is 5.97. The van der Waals surface area contributed by atoms with Gasteiger partial charge in [-0.05, 0) is 36.6 Å². The lowest BCUT2D eigenvalue weighted by molar-refractivity contribution is -0.137. The van der Waals surface area contributed by atoms with Crippen molar-refractivity contribution in [2.24, 2.45) is 0 Å². The van der Waals surface area contributed by atoms with E-state index in [4.69, 9.17) is 4.74 Å². The van der Waals surface area contributed by atoms with Crippen LogP contribution in [0.5, 0.6) is 5.88 Å². The molecular weight excluding hydrogens is 408 g/mol. The first-order valence-corrected chi connectivity index (χ1v) is 10.0. The van der Waals surface area contributed by atoms with Gasteiger partial charge >= 0.3 is 5.97 Å². The van der Waals surface area contributed by atoms with Crippen LogP contribution in [0.2, 0.25) is 0 Å². The number of ketones is 1. The highest BCUT2D eigenvalue weighted by Crippen LogP contribution is 2.30. The topological polar surface area (TPSA) is 106 Å². The number of hydrogen-bond acceptors (Lipinski definition) is 5. The van der Waals surface area contributed by atoms with Crippen LogP contribution in [0, 0.1) is 6.92 Å². The summed E-state index contributed by atoms with van der Waals surface area (Å²) in [6, 6.07) is 15.2. The van der Waals surface area contributed by atoms with E-state index in [1.54, 1.807) is 42.5 Å². The number of nitrogens with one attached hydrogen (secondary N) is 1. The molecule has 0 saturated carbocycles. The zero-order valence-corrected chi connectivity index (χ0v) is 18.1. The Bertz CT molecular complexity index is 1160. The Hall–Kier alpha value is -4.00. The summed E-state index contributed by atoms with van der Waals surface area (Å²) in [6.45, 7) is 3.36. The lowest BCUT2D eigenvalue weighted by Crippen LogP contribution is -2.30. The minimum absolute atomic E-state index is 0.0459. The largest absolute Gasteiger partial charge is 0.481 e. The fraction of sp³-hybridized carbons (Fsp3) is 0.200. The number of pyridine rings is 1. The molecular formula is C25H24N2O5. The molecule has 3 rings (SSSR count). The summed E-state index contributed by atoms with van der Waals surface area (Å²) < 4.78 is 5.34. The predicted octanol–water partition coefficient (Wildman–Crippen LogP) is 4.21. The Morgan fingerprint density at radius 2 is 1.75 bits per heavy atom. The molecule has 0 saturated heterocycles. The first-order chi connectivity index (χ1) is 15.3. The van der Waals surface area contributed by atoms with E-state index < -0.39 is 17.9 Å². The average molecular weight is 432 g/mol. The molecule has 7 heteroatoms. The Morgan fingerprint density at radius 3 is 2.34 bits per heavy atom. The van der Waals surface area contributed by atoms with Gasteiger partial charge in [-0.1, -0.05) is 48.5 Å². The number of amides is 1. The third-order valence-corrected chi connectivity index (χ3v) is 5.16. The van der Waals surface area contributed by atoms with Crippen LogP contribution in [0.1, 0.15) is 51.2 Å². The highest BCUT2D eigenvalue weighted by atomic mass is 16.5. The standard InChI is InChI=1S/C25H24N2O5/c1-15-6-4-5-7-20(15)22(13-23(29)30)27-24(31)19-12-21(25(32-3)26-14-19)18-10-8-17(9-11-18)16(2)28/h4-12,14,22H,13H2,1-3H3,(H,27,31)(H,29,30)/t22-/m0/s1. The SMILES string of the molecule is COc1ncc(C(=O)N[C@@H](CC(=O)O)c2ccccc2C)cc1-c1ccc(C(C)=O)cc1. The van der Waals surface area contributed by atoms with Gasteiger partial charge in [0.1, 0.15) is 0 Å². The van der Waals surface area contributed by atoms with Gasteiger partial charge in [0.05, 0.1) is 25.1 Å². The normalized spacial score (nSPS) is 11.5. The van der Waals surface area contributed by atoms with Crippen LogP contribution < -0.4 is 10.1 Å². The summed E-state index contributed by atoms with van der Waals surface area (Å²) in [5.41, 5.74) is 3.78. The zero-order valence-electron chi connectivity index (χ0n) is 18.1. The molecule has 0 bridgehead atoms. The van der Waals surface area contributed by atoms with Gasteiger partial charge in [0.25, 0.3) is 5.91 Å². The fourth-order valence-electron chi connectivity index (χ4n) is 3.46. The fourth-order valence-corrected chi connectivity index (χ4v) is 3.46. The summed E-state index contributed by atoms with van der Waals surface area (Å²) in [7, 11) is 1.48. The molecule has 2 N–H and O–H groups in total. The predicted molar refractivity (Wildman–Crippen MR) is 120 cm³/mol. The molecule has 0 radical (unpaired) electrons. The van der Waals surface area contributed by atoms with Crippen LogP contribution in [0.4, 0.5) is 0 Å². The average Bonchev–Trinajstić information content (AvgIpc) is 2.78. The first kappa shape index (κ1) is 22.7. The van der Waals surface area contributed by atoms with Crippen molar-refractivity contribution in [3.05, 3.63) is 83.0 Å². The summed E-state index contributed by atoms with van der Waals surface area (Å²) in [4.78, 5) is 40.2. The summed E-state index contributed by atoms with van der Waals surface area (Å²) in [5, 5.41) is 12.2. The second-order valence-electron chi connectivity index (χ2n) is 7.39. The van der Waals surface area contributed by atoms with Crippen LogP contribution >= 0.6 is 0 Å². The molecule has 164 valence electrons. The zero-order chi connectivity index (χ0) is 23.3. The maximum atomic E-state index is 13.0. The van der Waals surface area contributed by atoms with E-state index >= 15 is 0 Å². The van der Waals surface area contributed by atoms with Crippen molar-refractivity contribution in [3.63, 3.8) is 0 Å². The van der Waals surface area contributed by atoms with E-state index in [1.807, 2.05) is 19.1 Å². The number of benzene rings is 2. The minimum Gasteiger partial charge on any atom is -0.481 e. The number of carboxylic acids is 1. The van der Waals surface area contributed by atoms with Crippen molar-refractivity contribution in [3.8, 4) is 17.0 Å². The maximum absolute atomic E-state index is 13.0. The number of aromatic nitrogens is 1. The molecule has 2 aromatic carbocycles. The second kappa shape index (κ2) is 9.87. The molecule has 0 aliphatic rings. The molecule has 0 fully saturated rings. The van der Waals surface area contributed by atoms with E-state index in [0.29, 0.717) is 17.0 Å². The lowest BCUT2D eigenvalue weighted by atomic mass is 9.98. The smallest absolute Gasteiger partial charge is 0.305 e. The maximum Gasteiger partial charge on any atom is 0.305 e. The van der Waals surface area contributed by atoms with Gasteiger partial charge in [-0.3, -0.25) is 14.4 Å². The summed E-state index contributed by atoms with van der Waals surface area (Å²) in [6.07, 6.45) is 1.14. The Balaban J connectivity index is 1.93. The number of carboxylic acid groups (broad SMARTS) is 1. The number of aryl methyl sites for hydroxylation is 1. The molecule has 1 aromatic heterocycles. The third-order valence-electron chi connectivity index (χ3n) is 5.16. The van der Waals surface area contributed by atoms with Crippen molar-refractivity contribution < 1.29 is 24.2 Å². The first-order valence-electron chi connectivity index (χ1n) is 10.0. The molecule has 0 aliphatic heterocycles. The number of aliphatic carboxylic acids is 1. The van der Waals surface area contributed by atoms with Gasteiger partial charge in [0, 0.05) is 17.3 Å². The van der Waals surface area contributed by atoms with E-state index in [9.17, 15) is 19.5 Å². The van der Waals surface area contributed by atoms with Crippen molar-refractivity contribution in [2.45, 2.75) is 26.3 Å². The lowest BCUT2D eigenvalue weighted by Gasteiger charge is -2.20. The Kier molecular flexibility index (Phi) is 7.00. The quantitative estimate of drug-likeness (QED) is 0.517. The Labute approximate surface area is 186 Å². The molecule has 7 nitrogen and oxygen atoms in total. The van der Waals surface area contributed by atoms with Crippen LogP contribution in [0.15, 0.2) is 60.8 Å². The number of Topliss-reactive ketones (excluding diaryl/α,β-unsaturated/α-hetero) is 1. The van der Waals surface area contributed by atoms with E-state index in [-0.39, 0.29) is 17.8 Å². The van der Waals surface area contributed by atoms with Crippen LogP contribution in [0.3, 0.4) is 0 Å². The van der Waals surface area contributed by atoms with Crippen molar-refractivity contribution in [2.75, 3.05) is 7.11 Å². The van der Waals surface area contributed by atoms with Gasteiger partial charge in [-0.2, -0.15) is 0 Å². The summed E-state index contributed by atoms with van der Waals surface area (Å²) in [5.74, 6) is -1.18. The molecule has 3 aromatic rings. The molecule has 0 unspecified atom stereocenters. The molecule has 1 heterocycles. The van der Waals surface area contributed by atoms with Gasteiger partial charge in [0.15, 0.2) is 5.78 Å². The Morgan fingerprint density at radius 1 is 1.06 bits per heavy atom. The van der Waals surface area contributed by atoms with Crippen LogP contribution in [-0.4, -0.2) is 34.9 Å². The van der Waals surface area contributed by atoms with Gasteiger partial charge in [0.2, 0.25) is 5.88 Å². The highest BCUT2D eigenvalue weighted by Gasteiger charge is 2.21. The number of nitrogens with zero attached hydrogens (tertiary/aromatic N) is 1. The number of carbonyl (C=O) groups excluding carboxylic acids is 2. The summed E-state index contributed by atoms with van der Waals surface area (Å²) >= 11 is 0.